The molecule has 6 nitrogen and oxygen atoms in total. The highest BCUT2D eigenvalue weighted by Crippen LogP contribution is 2.28. The minimum absolute atomic E-state index is 0.0273. The van der Waals surface area contributed by atoms with E-state index in [1.165, 1.54) is 39.0 Å². The molecule has 1 saturated heterocycles. The van der Waals surface area contributed by atoms with Crippen LogP contribution in [0, 0.1) is 0 Å². The number of nitrogens with zero attached hydrogens (tertiary/aromatic N) is 1. The van der Waals surface area contributed by atoms with Gasteiger partial charge in [0.25, 0.3) is 0 Å². The fourth-order valence-corrected chi connectivity index (χ4v) is 3.55. The number of rotatable bonds is 9. The Morgan fingerprint density at radius 2 is 1.73 bits per heavy atom. The van der Waals surface area contributed by atoms with Gasteiger partial charge >= 0.3 is 0 Å². The van der Waals surface area contributed by atoms with E-state index in [2.05, 4.69) is 22.3 Å². The van der Waals surface area contributed by atoms with Gasteiger partial charge in [0.2, 0.25) is 5.91 Å². The first-order valence-corrected chi connectivity index (χ1v) is 10.5. The van der Waals surface area contributed by atoms with Crippen LogP contribution in [0.15, 0.2) is 42.5 Å². The van der Waals surface area contributed by atoms with Gasteiger partial charge in [0.05, 0.1) is 13.7 Å². The summed E-state index contributed by atoms with van der Waals surface area (Å²) in [6.07, 6.45) is 4.74. The fourth-order valence-electron chi connectivity index (χ4n) is 3.55. The summed E-state index contributed by atoms with van der Waals surface area (Å²) in [4.78, 5) is 26.1. The molecule has 0 aliphatic carbocycles. The van der Waals surface area contributed by atoms with Crippen LogP contribution >= 0.6 is 0 Å². The maximum Gasteiger partial charge on any atom is 0.224 e. The van der Waals surface area contributed by atoms with Crippen LogP contribution in [-0.4, -0.2) is 38.5 Å². The zero-order valence-corrected chi connectivity index (χ0v) is 17.8. The fraction of sp³-hybridized carbons (Fsp3) is 0.417. The van der Waals surface area contributed by atoms with Crippen molar-refractivity contribution in [2.45, 2.75) is 39.0 Å². The van der Waals surface area contributed by atoms with E-state index in [1.807, 2.05) is 12.1 Å². The van der Waals surface area contributed by atoms with Gasteiger partial charge in [-0.2, -0.15) is 0 Å². The van der Waals surface area contributed by atoms with E-state index in [0.717, 1.165) is 18.8 Å². The minimum atomic E-state index is -0.0387. The normalized spacial score (nSPS) is 13.6. The Labute approximate surface area is 178 Å². The Bertz CT molecular complexity index is 858. The van der Waals surface area contributed by atoms with Crippen molar-refractivity contribution in [3.8, 4) is 11.5 Å². The largest absolute Gasteiger partial charge is 0.493 e. The van der Waals surface area contributed by atoms with Gasteiger partial charge in [-0.1, -0.05) is 0 Å². The van der Waals surface area contributed by atoms with Crippen LogP contribution in [0.25, 0.3) is 0 Å². The first-order valence-electron chi connectivity index (χ1n) is 10.5. The number of carbonyl (C=O) groups excluding carboxylic acids is 2. The number of ketones is 1. The highest BCUT2D eigenvalue weighted by Gasteiger charge is 2.11. The van der Waals surface area contributed by atoms with Crippen LogP contribution < -0.4 is 19.7 Å². The molecule has 0 spiro atoms. The third kappa shape index (κ3) is 5.99. The molecule has 1 aliphatic rings. The second-order valence-corrected chi connectivity index (χ2v) is 7.52. The summed E-state index contributed by atoms with van der Waals surface area (Å²) in [5, 5.41) is 2.94. The summed E-state index contributed by atoms with van der Waals surface area (Å²) >= 11 is 0. The van der Waals surface area contributed by atoms with E-state index in [0.29, 0.717) is 36.5 Å². The number of ether oxygens (including phenoxy) is 2. The van der Waals surface area contributed by atoms with Gasteiger partial charge in [-0.3, -0.25) is 9.59 Å². The Morgan fingerprint density at radius 3 is 2.40 bits per heavy atom. The minimum Gasteiger partial charge on any atom is -0.493 e. The number of benzene rings is 2. The quantitative estimate of drug-likeness (QED) is 0.480. The SMILES string of the molecule is COc1cc(C(C)=O)ccc1OCCCC(=O)Nc1ccc(N2CCCCC2)cc1. The lowest BCUT2D eigenvalue weighted by Gasteiger charge is -2.28. The van der Waals surface area contributed by atoms with Gasteiger partial charge in [-0.15, -0.1) is 0 Å². The molecule has 1 amide bonds. The molecule has 0 unspecified atom stereocenters. The third-order valence-electron chi connectivity index (χ3n) is 5.25. The third-order valence-corrected chi connectivity index (χ3v) is 5.25. The molecule has 0 atom stereocenters. The number of hydrogen-bond donors (Lipinski definition) is 1. The molecule has 3 rings (SSSR count). The van der Waals surface area contributed by atoms with E-state index in [4.69, 9.17) is 9.47 Å². The van der Waals surface area contributed by atoms with Gasteiger partial charge in [0.1, 0.15) is 0 Å². The van der Waals surface area contributed by atoms with Gasteiger partial charge in [0, 0.05) is 36.4 Å². The maximum absolute atomic E-state index is 12.2. The van der Waals surface area contributed by atoms with Crippen molar-refractivity contribution in [1.29, 1.82) is 0 Å². The number of anilines is 2. The number of Topliss-reactive ketones (excluding diaryl/α,β-unsaturated/α-hetero) is 1. The van der Waals surface area contributed by atoms with Crippen molar-refractivity contribution >= 4 is 23.1 Å². The Balaban J connectivity index is 1.42. The second kappa shape index (κ2) is 10.7. The summed E-state index contributed by atoms with van der Waals surface area (Å²) in [5.74, 6) is 1.01. The van der Waals surface area contributed by atoms with E-state index < -0.39 is 0 Å². The van der Waals surface area contributed by atoms with Crippen molar-refractivity contribution in [1.82, 2.24) is 0 Å². The summed E-state index contributed by atoms with van der Waals surface area (Å²) in [6.45, 7) is 4.11. The molecule has 1 N–H and O–H groups in total. The average Bonchev–Trinajstić information content (AvgIpc) is 2.77. The molecule has 1 fully saturated rings. The van der Waals surface area contributed by atoms with Crippen LogP contribution in [0.1, 0.15) is 49.4 Å². The number of nitrogens with one attached hydrogen (secondary N) is 1. The molecule has 0 saturated carbocycles. The maximum atomic E-state index is 12.2. The van der Waals surface area contributed by atoms with Gasteiger partial charge in [-0.25, -0.2) is 0 Å². The summed E-state index contributed by atoms with van der Waals surface area (Å²) in [7, 11) is 1.54. The lowest BCUT2D eigenvalue weighted by molar-refractivity contribution is -0.116. The predicted molar refractivity (Wildman–Crippen MR) is 119 cm³/mol. The van der Waals surface area contributed by atoms with E-state index in [9.17, 15) is 9.59 Å². The van der Waals surface area contributed by atoms with Crippen LogP contribution in [0.4, 0.5) is 11.4 Å². The number of amides is 1. The molecule has 0 radical (unpaired) electrons. The summed E-state index contributed by atoms with van der Waals surface area (Å²) in [6, 6.07) is 13.2. The predicted octanol–water partition coefficient (Wildman–Crippen LogP) is 4.69. The topological polar surface area (TPSA) is 67.9 Å². The lowest BCUT2D eigenvalue weighted by atomic mass is 10.1. The van der Waals surface area contributed by atoms with Crippen molar-refractivity contribution in [2.24, 2.45) is 0 Å². The van der Waals surface area contributed by atoms with E-state index in [1.54, 1.807) is 18.2 Å². The Hall–Kier alpha value is -3.02. The zero-order chi connectivity index (χ0) is 21.3. The second-order valence-electron chi connectivity index (χ2n) is 7.52. The highest BCUT2D eigenvalue weighted by atomic mass is 16.5. The number of methoxy groups -OCH3 is 1. The molecule has 6 heteroatoms. The monoisotopic (exact) mass is 410 g/mol. The molecule has 2 aromatic carbocycles. The first-order chi connectivity index (χ1) is 14.6. The van der Waals surface area contributed by atoms with Crippen molar-refractivity contribution < 1.29 is 19.1 Å². The lowest BCUT2D eigenvalue weighted by Crippen LogP contribution is -2.29. The van der Waals surface area contributed by atoms with Crippen molar-refractivity contribution in [3.63, 3.8) is 0 Å². The zero-order valence-electron chi connectivity index (χ0n) is 17.8. The van der Waals surface area contributed by atoms with Crippen molar-refractivity contribution in [3.05, 3.63) is 48.0 Å². The highest BCUT2D eigenvalue weighted by molar-refractivity contribution is 5.94. The van der Waals surface area contributed by atoms with Crippen LogP contribution in [0.3, 0.4) is 0 Å². The van der Waals surface area contributed by atoms with Crippen LogP contribution in [0.5, 0.6) is 11.5 Å². The summed E-state index contributed by atoms with van der Waals surface area (Å²) in [5.41, 5.74) is 2.60. The molecule has 1 heterocycles. The van der Waals surface area contributed by atoms with Crippen LogP contribution in [0.2, 0.25) is 0 Å². The van der Waals surface area contributed by atoms with E-state index >= 15 is 0 Å². The Kier molecular flexibility index (Phi) is 7.71. The average molecular weight is 411 g/mol. The van der Waals surface area contributed by atoms with E-state index in [-0.39, 0.29) is 11.7 Å². The summed E-state index contributed by atoms with van der Waals surface area (Å²) < 4.78 is 11.0. The molecule has 30 heavy (non-hydrogen) atoms. The molecule has 1 aliphatic heterocycles. The first kappa shape index (κ1) is 21.7. The number of piperidine rings is 1. The Morgan fingerprint density at radius 1 is 1.00 bits per heavy atom. The molecule has 0 aromatic heterocycles. The van der Waals surface area contributed by atoms with Crippen LogP contribution in [-0.2, 0) is 4.79 Å². The molecular weight excluding hydrogens is 380 g/mol. The van der Waals surface area contributed by atoms with Crippen molar-refractivity contribution in [2.75, 3.05) is 37.0 Å². The molecule has 2 aromatic rings. The number of hydrogen-bond acceptors (Lipinski definition) is 5. The van der Waals surface area contributed by atoms with Gasteiger partial charge < -0.3 is 19.7 Å². The van der Waals surface area contributed by atoms with Gasteiger partial charge in [-0.05, 0) is 75.1 Å². The standard InChI is InChI=1S/C24H30N2O4/c1-18(27)19-8-13-22(23(17-19)29-2)30-16-6-7-24(28)25-20-9-11-21(12-10-20)26-14-4-3-5-15-26/h8-13,17H,3-7,14-16H2,1-2H3,(H,25,28). The van der Waals surface area contributed by atoms with Gasteiger partial charge in [0.15, 0.2) is 17.3 Å². The molecular formula is C24H30N2O4. The molecule has 0 bridgehead atoms. The molecule has 160 valence electrons. The number of carbonyl (C=O) groups is 2. The smallest absolute Gasteiger partial charge is 0.224 e.